The van der Waals surface area contributed by atoms with Gasteiger partial charge in [-0.3, -0.25) is 9.48 Å². The predicted octanol–water partition coefficient (Wildman–Crippen LogP) is 2.11. The fourth-order valence-corrected chi connectivity index (χ4v) is 1.37. The van der Waals surface area contributed by atoms with Crippen LogP contribution in [0.15, 0.2) is 10.7 Å². The van der Waals surface area contributed by atoms with Gasteiger partial charge in [-0.25, -0.2) is 0 Å². The van der Waals surface area contributed by atoms with Gasteiger partial charge in [-0.2, -0.15) is 5.10 Å². The molecule has 66 valence electrons. The van der Waals surface area contributed by atoms with Crippen LogP contribution in [0.1, 0.15) is 24.3 Å². The molecule has 0 amide bonds. The molecular formula is C8H11BrN2O. The van der Waals surface area contributed by atoms with Crippen LogP contribution in [0.2, 0.25) is 0 Å². The molecule has 0 aliphatic carbocycles. The highest BCUT2D eigenvalue weighted by Gasteiger charge is 2.05. The maximum atomic E-state index is 10.4. The lowest BCUT2D eigenvalue weighted by molar-refractivity contribution is 0.111. The predicted molar refractivity (Wildman–Crippen MR) is 50.2 cm³/mol. The molecule has 0 radical (unpaired) electrons. The number of nitrogens with zero attached hydrogens (tertiary/aromatic N) is 2. The van der Waals surface area contributed by atoms with Crippen molar-refractivity contribution in [2.75, 3.05) is 0 Å². The van der Waals surface area contributed by atoms with Crippen LogP contribution in [0.5, 0.6) is 0 Å². The van der Waals surface area contributed by atoms with Crippen LogP contribution in [0.4, 0.5) is 0 Å². The van der Waals surface area contributed by atoms with Gasteiger partial charge in [0, 0.05) is 12.7 Å². The normalized spacial score (nSPS) is 10.7. The van der Waals surface area contributed by atoms with E-state index < -0.39 is 0 Å². The highest BCUT2D eigenvalue weighted by molar-refractivity contribution is 9.10. The third-order valence-electron chi connectivity index (χ3n) is 1.41. The molecule has 0 fully saturated rings. The van der Waals surface area contributed by atoms with Crippen LogP contribution in [0.3, 0.4) is 0 Å². The lowest BCUT2D eigenvalue weighted by atomic mass is 10.2. The Balaban J connectivity index is 2.82. The van der Waals surface area contributed by atoms with Crippen LogP contribution in [-0.4, -0.2) is 16.1 Å². The molecule has 0 atom stereocenters. The topological polar surface area (TPSA) is 34.9 Å². The first-order valence-corrected chi connectivity index (χ1v) is 4.61. The Morgan fingerprint density at radius 1 is 1.75 bits per heavy atom. The van der Waals surface area contributed by atoms with Crippen molar-refractivity contribution < 1.29 is 4.79 Å². The number of aromatic nitrogens is 2. The van der Waals surface area contributed by atoms with Crippen molar-refractivity contribution in [3.05, 3.63) is 16.4 Å². The molecule has 4 heteroatoms. The smallest absolute Gasteiger partial charge is 0.171 e. The molecule has 0 aromatic carbocycles. The molecule has 0 bridgehead atoms. The van der Waals surface area contributed by atoms with E-state index in [1.165, 1.54) is 0 Å². The highest BCUT2D eigenvalue weighted by Crippen LogP contribution is 2.13. The van der Waals surface area contributed by atoms with Crippen LogP contribution >= 0.6 is 15.9 Å². The molecule has 1 aromatic heterocycles. The van der Waals surface area contributed by atoms with Crippen molar-refractivity contribution in [3.8, 4) is 0 Å². The van der Waals surface area contributed by atoms with E-state index in [0.717, 1.165) is 17.3 Å². The van der Waals surface area contributed by atoms with Gasteiger partial charge >= 0.3 is 0 Å². The summed E-state index contributed by atoms with van der Waals surface area (Å²) in [5.41, 5.74) is 0.468. The molecule has 0 saturated heterocycles. The van der Waals surface area contributed by atoms with Gasteiger partial charge < -0.3 is 0 Å². The first-order valence-electron chi connectivity index (χ1n) is 3.81. The van der Waals surface area contributed by atoms with E-state index in [-0.39, 0.29) is 0 Å². The van der Waals surface area contributed by atoms with Crippen molar-refractivity contribution >= 4 is 22.2 Å². The van der Waals surface area contributed by atoms with E-state index >= 15 is 0 Å². The van der Waals surface area contributed by atoms with Crippen LogP contribution in [0, 0.1) is 5.92 Å². The minimum atomic E-state index is 0.468. The van der Waals surface area contributed by atoms with E-state index in [1.807, 2.05) is 6.20 Å². The second-order valence-electron chi connectivity index (χ2n) is 3.10. The molecular weight excluding hydrogens is 220 g/mol. The van der Waals surface area contributed by atoms with E-state index in [4.69, 9.17) is 0 Å². The zero-order chi connectivity index (χ0) is 9.14. The molecule has 0 N–H and O–H groups in total. The van der Waals surface area contributed by atoms with Gasteiger partial charge in [-0.15, -0.1) is 0 Å². The Labute approximate surface area is 79.9 Å². The molecule has 0 aliphatic rings. The van der Waals surface area contributed by atoms with Gasteiger partial charge in [-0.05, 0) is 21.8 Å². The van der Waals surface area contributed by atoms with E-state index in [0.29, 0.717) is 11.6 Å². The largest absolute Gasteiger partial charge is 0.296 e. The van der Waals surface area contributed by atoms with Gasteiger partial charge in [-0.1, -0.05) is 13.8 Å². The quantitative estimate of drug-likeness (QED) is 0.746. The number of rotatable bonds is 3. The monoisotopic (exact) mass is 230 g/mol. The molecule has 1 heterocycles. The Kier molecular flexibility index (Phi) is 3.03. The molecule has 0 spiro atoms. The van der Waals surface area contributed by atoms with Crippen molar-refractivity contribution in [2.24, 2.45) is 5.92 Å². The van der Waals surface area contributed by atoms with Crippen molar-refractivity contribution in [1.82, 2.24) is 9.78 Å². The average molecular weight is 231 g/mol. The number of hydrogen-bond donors (Lipinski definition) is 0. The van der Waals surface area contributed by atoms with E-state index in [1.54, 1.807) is 4.68 Å². The average Bonchev–Trinajstić information content (AvgIpc) is 2.29. The third-order valence-corrected chi connectivity index (χ3v) is 2.02. The molecule has 3 nitrogen and oxygen atoms in total. The fraction of sp³-hybridized carbons (Fsp3) is 0.500. The SMILES string of the molecule is CC(C)Cn1cc(Br)c(C=O)n1. The molecule has 0 aliphatic heterocycles. The zero-order valence-electron chi connectivity index (χ0n) is 7.12. The van der Waals surface area contributed by atoms with Gasteiger partial charge in [0.2, 0.25) is 0 Å². The van der Waals surface area contributed by atoms with Gasteiger partial charge in [0.25, 0.3) is 0 Å². The summed E-state index contributed by atoms with van der Waals surface area (Å²) in [6.07, 6.45) is 2.57. The second-order valence-corrected chi connectivity index (χ2v) is 3.95. The zero-order valence-corrected chi connectivity index (χ0v) is 8.71. The maximum Gasteiger partial charge on any atom is 0.171 e. The summed E-state index contributed by atoms with van der Waals surface area (Å²) in [6.45, 7) is 5.05. The number of carbonyl (C=O) groups is 1. The minimum absolute atomic E-state index is 0.468. The Morgan fingerprint density at radius 3 is 2.83 bits per heavy atom. The second kappa shape index (κ2) is 3.85. The van der Waals surface area contributed by atoms with Crippen LogP contribution in [0.25, 0.3) is 0 Å². The summed E-state index contributed by atoms with van der Waals surface area (Å²) in [5, 5.41) is 4.07. The van der Waals surface area contributed by atoms with E-state index in [9.17, 15) is 4.79 Å². The standard InChI is InChI=1S/C8H11BrN2O/c1-6(2)3-11-4-7(9)8(5-12)10-11/h4-6H,3H2,1-2H3. The molecule has 1 aromatic rings. The number of aldehydes is 1. The maximum absolute atomic E-state index is 10.4. The summed E-state index contributed by atoms with van der Waals surface area (Å²) >= 11 is 3.25. The third kappa shape index (κ3) is 2.17. The van der Waals surface area contributed by atoms with Crippen LogP contribution in [-0.2, 0) is 6.54 Å². The number of halogens is 1. The summed E-state index contributed by atoms with van der Waals surface area (Å²) in [4.78, 5) is 10.4. The Bertz CT molecular complexity index is 281. The molecule has 12 heavy (non-hydrogen) atoms. The first-order chi connectivity index (χ1) is 5.63. The Morgan fingerprint density at radius 2 is 2.42 bits per heavy atom. The van der Waals surface area contributed by atoms with Gasteiger partial charge in [0.1, 0.15) is 5.69 Å². The lowest BCUT2D eigenvalue weighted by Crippen LogP contribution is -2.04. The number of hydrogen-bond acceptors (Lipinski definition) is 2. The molecule has 0 unspecified atom stereocenters. The Hall–Kier alpha value is -0.640. The summed E-state index contributed by atoms with van der Waals surface area (Å²) in [6, 6.07) is 0. The van der Waals surface area contributed by atoms with Crippen LogP contribution < -0.4 is 0 Å². The molecule has 0 saturated carbocycles. The van der Waals surface area contributed by atoms with Crippen molar-refractivity contribution in [2.45, 2.75) is 20.4 Å². The van der Waals surface area contributed by atoms with Gasteiger partial charge in [0.15, 0.2) is 6.29 Å². The van der Waals surface area contributed by atoms with Crippen molar-refractivity contribution in [3.63, 3.8) is 0 Å². The lowest BCUT2D eigenvalue weighted by Gasteiger charge is -2.02. The van der Waals surface area contributed by atoms with Crippen molar-refractivity contribution in [1.29, 1.82) is 0 Å². The summed E-state index contributed by atoms with van der Waals surface area (Å²) in [7, 11) is 0. The fourth-order valence-electron chi connectivity index (χ4n) is 0.959. The van der Waals surface area contributed by atoms with Gasteiger partial charge in [0.05, 0.1) is 4.47 Å². The van der Waals surface area contributed by atoms with E-state index in [2.05, 4.69) is 34.9 Å². The number of carbonyl (C=O) groups excluding carboxylic acids is 1. The highest BCUT2D eigenvalue weighted by atomic mass is 79.9. The molecule has 1 rings (SSSR count). The minimum Gasteiger partial charge on any atom is -0.296 e. The first kappa shape index (κ1) is 9.45. The summed E-state index contributed by atoms with van der Waals surface area (Å²) < 4.78 is 2.54. The summed E-state index contributed by atoms with van der Waals surface area (Å²) in [5.74, 6) is 0.538.